The highest BCUT2D eigenvalue weighted by Gasteiger charge is 2.24. The molecule has 1 aliphatic heterocycles. The van der Waals surface area contributed by atoms with Crippen LogP contribution < -0.4 is 19.1 Å². The molecular formula is C17H18N2O6S. The minimum absolute atomic E-state index is 0.0543. The van der Waals surface area contributed by atoms with Gasteiger partial charge in [0.2, 0.25) is 0 Å². The zero-order valence-corrected chi connectivity index (χ0v) is 15.1. The van der Waals surface area contributed by atoms with Gasteiger partial charge in [-0.2, -0.15) is 0 Å². The van der Waals surface area contributed by atoms with Gasteiger partial charge in [-0.1, -0.05) is 0 Å². The molecule has 1 N–H and O–H groups in total. The van der Waals surface area contributed by atoms with Crippen molar-refractivity contribution >= 4 is 27.5 Å². The number of hydrogen-bond acceptors (Lipinski definition) is 6. The standard InChI is InChI=1S/C17H18N2O6S/c1-23-13-5-8-16(24-2)15(11-13)18-26(21,22)14-6-3-12(4-7-14)19-9-10-25-17(19)20/h3-8,11,18H,9-10H2,1-2H3. The third-order valence-corrected chi connectivity index (χ3v) is 5.25. The molecular weight excluding hydrogens is 360 g/mol. The van der Waals surface area contributed by atoms with Crippen molar-refractivity contribution in [1.29, 1.82) is 0 Å². The van der Waals surface area contributed by atoms with Crippen molar-refractivity contribution in [2.24, 2.45) is 0 Å². The maximum absolute atomic E-state index is 12.7. The molecule has 2 aromatic carbocycles. The predicted octanol–water partition coefficient (Wildman–Crippen LogP) is 2.46. The van der Waals surface area contributed by atoms with Gasteiger partial charge in [-0.25, -0.2) is 13.2 Å². The molecule has 3 rings (SSSR count). The number of methoxy groups -OCH3 is 2. The first-order valence-electron chi connectivity index (χ1n) is 7.74. The average Bonchev–Trinajstić information content (AvgIpc) is 3.07. The predicted molar refractivity (Wildman–Crippen MR) is 95.5 cm³/mol. The zero-order chi connectivity index (χ0) is 18.7. The minimum atomic E-state index is -3.84. The lowest BCUT2D eigenvalue weighted by Gasteiger charge is -2.15. The number of amides is 1. The van der Waals surface area contributed by atoms with Crippen LogP contribution in [0.1, 0.15) is 0 Å². The highest BCUT2D eigenvalue weighted by atomic mass is 32.2. The highest BCUT2D eigenvalue weighted by molar-refractivity contribution is 7.92. The number of anilines is 2. The molecule has 0 saturated carbocycles. The number of benzene rings is 2. The Labute approximate surface area is 151 Å². The van der Waals surface area contributed by atoms with E-state index in [9.17, 15) is 13.2 Å². The summed E-state index contributed by atoms with van der Waals surface area (Å²) in [6.07, 6.45) is -0.445. The molecule has 1 fully saturated rings. The van der Waals surface area contributed by atoms with Gasteiger partial charge < -0.3 is 14.2 Å². The zero-order valence-electron chi connectivity index (χ0n) is 14.3. The first kappa shape index (κ1) is 17.9. The van der Waals surface area contributed by atoms with E-state index in [2.05, 4.69) is 4.72 Å². The second-order valence-electron chi connectivity index (χ2n) is 5.43. The highest BCUT2D eigenvalue weighted by Crippen LogP contribution is 2.31. The number of sulfonamides is 1. The molecule has 0 bridgehead atoms. The van der Waals surface area contributed by atoms with Crippen LogP contribution in [0.5, 0.6) is 11.5 Å². The summed E-state index contributed by atoms with van der Waals surface area (Å²) >= 11 is 0. The van der Waals surface area contributed by atoms with Crippen molar-refractivity contribution in [3.8, 4) is 11.5 Å². The quantitative estimate of drug-likeness (QED) is 0.830. The molecule has 2 aromatic rings. The molecule has 8 nitrogen and oxygen atoms in total. The van der Waals surface area contributed by atoms with Crippen LogP contribution in [0.3, 0.4) is 0 Å². The summed E-state index contributed by atoms with van der Waals surface area (Å²) in [5.41, 5.74) is 0.837. The molecule has 9 heteroatoms. The topological polar surface area (TPSA) is 94.2 Å². The van der Waals surface area contributed by atoms with E-state index in [1.807, 2.05) is 0 Å². The summed E-state index contributed by atoms with van der Waals surface area (Å²) in [7, 11) is -0.909. The Kier molecular flexibility index (Phi) is 4.90. The number of rotatable bonds is 6. The van der Waals surface area contributed by atoms with Crippen molar-refractivity contribution < 1.29 is 27.4 Å². The molecule has 26 heavy (non-hydrogen) atoms. The Morgan fingerprint density at radius 3 is 2.38 bits per heavy atom. The van der Waals surface area contributed by atoms with Gasteiger partial charge in [-0.15, -0.1) is 0 Å². The number of hydrogen-bond donors (Lipinski definition) is 1. The third-order valence-electron chi connectivity index (χ3n) is 3.87. The largest absolute Gasteiger partial charge is 0.497 e. The van der Waals surface area contributed by atoms with Crippen LogP contribution in [0.15, 0.2) is 47.4 Å². The van der Waals surface area contributed by atoms with Crippen molar-refractivity contribution in [3.05, 3.63) is 42.5 Å². The van der Waals surface area contributed by atoms with E-state index in [-0.39, 0.29) is 10.6 Å². The molecule has 0 radical (unpaired) electrons. The van der Waals surface area contributed by atoms with Crippen LogP contribution in [-0.4, -0.2) is 41.9 Å². The summed E-state index contributed by atoms with van der Waals surface area (Å²) in [6.45, 7) is 0.750. The summed E-state index contributed by atoms with van der Waals surface area (Å²) < 4.78 is 43.0. The van der Waals surface area contributed by atoms with Crippen LogP contribution in [-0.2, 0) is 14.8 Å². The first-order chi connectivity index (χ1) is 12.4. The van der Waals surface area contributed by atoms with E-state index in [0.717, 1.165) is 0 Å². The molecule has 1 aliphatic rings. The van der Waals surface area contributed by atoms with Crippen LogP contribution in [0, 0.1) is 0 Å². The normalized spacial score (nSPS) is 14.1. The van der Waals surface area contributed by atoms with Crippen LogP contribution >= 0.6 is 0 Å². The van der Waals surface area contributed by atoms with Gasteiger partial charge in [0.1, 0.15) is 18.1 Å². The fourth-order valence-corrected chi connectivity index (χ4v) is 3.59. The molecule has 138 valence electrons. The van der Waals surface area contributed by atoms with E-state index < -0.39 is 16.1 Å². The number of nitrogens with one attached hydrogen (secondary N) is 1. The van der Waals surface area contributed by atoms with Gasteiger partial charge in [-0.05, 0) is 36.4 Å². The number of nitrogens with zero attached hydrogens (tertiary/aromatic N) is 1. The Morgan fingerprint density at radius 2 is 1.81 bits per heavy atom. The number of ether oxygens (including phenoxy) is 3. The summed E-state index contributed by atoms with van der Waals surface area (Å²) in [5.74, 6) is 0.859. The number of carbonyl (C=O) groups excluding carboxylic acids is 1. The Balaban J connectivity index is 1.85. The maximum atomic E-state index is 12.7. The summed E-state index contributed by atoms with van der Waals surface area (Å²) in [5, 5.41) is 0. The molecule has 1 heterocycles. The monoisotopic (exact) mass is 378 g/mol. The van der Waals surface area contributed by atoms with Crippen LogP contribution in [0.25, 0.3) is 0 Å². The third kappa shape index (κ3) is 3.52. The Bertz CT molecular complexity index is 911. The second-order valence-corrected chi connectivity index (χ2v) is 7.11. The number of carbonyl (C=O) groups is 1. The van der Waals surface area contributed by atoms with Crippen molar-refractivity contribution in [3.63, 3.8) is 0 Å². The van der Waals surface area contributed by atoms with Crippen molar-refractivity contribution in [1.82, 2.24) is 0 Å². The number of cyclic esters (lactones) is 1. The molecule has 0 aliphatic carbocycles. The van der Waals surface area contributed by atoms with Gasteiger partial charge in [0.05, 0.1) is 31.3 Å². The van der Waals surface area contributed by atoms with E-state index in [0.29, 0.717) is 30.3 Å². The SMILES string of the molecule is COc1ccc(OC)c(NS(=O)(=O)c2ccc(N3CCOC3=O)cc2)c1. The Hall–Kier alpha value is -2.94. The van der Waals surface area contributed by atoms with E-state index in [1.165, 1.54) is 37.3 Å². The second kappa shape index (κ2) is 7.12. The molecule has 0 aromatic heterocycles. The van der Waals surface area contributed by atoms with Crippen molar-refractivity contribution in [2.75, 3.05) is 37.0 Å². The first-order valence-corrected chi connectivity index (χ1v) is 9.22. The van der Waals surface area contributed by atoms with Gasteiger partial charge in [-0.3, -0.25) is 9.62 Å². The lowest BCUT2D eigenvalue weighted by atomic mass is 10.3. The fourth-order valence-electron chi connectivity index (χ4n) is 2.53. The molecule has 0 unspecified atom stereocenters. The molecule has 1 amide bonds. The van der Waals surface area contributed by atoms with Gasteiger partial charge >= 0.3 is 6.09 Å². The molecule has 1 saturated heterocycles. The Morgan fingerprint density at radius 1 is 1.08 bits per heavy atom. The van der Waals surface area contributed by atoms with Crippen LogP contribution in [0.2, 0.25) is 0 Å². The van der Waals surface area contributed by atoms with E-state index in [4.69, 9.17) is 14.2 Å². The van der Waals surface area contributed by atoms with Crippen LogP contribution in [0.4, 0.5) is 16.2 Å². The summed E-state index contributed by atoms with van der Waals surface area (Å²) in [6, 6.07) is 10.8. The van der Waals surface area contributed by atoms with Gasteiger partial charge in [0, 0.05) is 11.8 Å². The fraction of sp³-hybridized carbons (Fsp3) is 0.235. The molecule has 0 atom stereocenters. The van der Waals surface area contributed by atoms with Gasteiger partial charge in [0.25, 0.3) is 10.0 Å². The van der Waals surface area contributed by atoms with Crippen molar-refractivity contribution in [2.45, 2.75) is 4.90 Å². The lowest BCUT2D eigenvalue weighted by Crippen LogP contribution is -2.23. The van der Waals surface area contributed by atoms with E-state index in [1.54, 1.807) is 24.3 Å². The van der Waals surface area contributed by atoms with Gasteiger partial charge in [0.15, 0.2) is 0 Å². The minimum Gasteiger partial charge on any atom is -0.497 e. The van der Waals surface area contributed by atoms with E-state index >= 15 is 0 Å². The average molecular weight is 378 g/mol. The smallest absolute Gasteiger partial charge is 0.414 e. The molecule has 0 spiro atoms. The lowest BCUT2D eigenvalue weighted by molar-refractivity contribution is 0.181. The maximum Gasteiger partial charge on any atom is 0.414 e. The summed E-state index contributed by atoms with van der Waals surface area (Å²) in [4.78, 5) is 13.1.